The third-order valence-electron chi connectivity index (χ3n) is 3.20. The highest BCUT2D eigenvalue weighted by molar-refractivity contribution is 6.30. The zero-order valence-corrected chi connectivity index (χ0v) is 11.7. The van der Waals surface area contributed by atoms with Crippen LogP contribution in [0.1, 0.15) is 25.7 Å². The van der Waals surface area contributed by atoms with Crippen molar-refractivity contribution < 1.29 is 4.79 Å². The van der Waals surface area contributed by atoms with Crippen molar-refractivity contribution >= 4 is 35.6 Å². The highest BCUT2D eigenvalue weighted by Gasteiger charge is 2.24. The molecule has 0 spiro atoms. The van der Waals surface area contributed by atoms with Gasteiger partial charge in [-0.1, -0.05) is 17.7 Å². The van der Waals surface area contributed by atoms with Crippen LogP contribution in [0.3, 0.4) is 0 Å². The van der Waals surface area contributed by atoms with E-state index >= 15 is 0 Å². The molecule has 1 atom stereocenters. The minimum absolute atomic E-state index is 0. The molecule has 1 aromatic carbocycles. The molecule has 1 saturated heterocycles. The number of hydrogen-bond acceptors (Lipinski definition) is 2. The predicted octanol–water partition coefficient (Wildman–Crippen LogP) is 3.00. The SMILES string of the molecule is Cl.NC(=O)CC1CCCCN1c1cccc(Cl)c1. The molecule has 0 aliphatic carbocycles. The summed E-state index contributed by atoms with van der Waals surface area (Å²) in [7, 11) is 0. The first-order valence-electron chi connectivity index (χ1n) is 5.97. The Kier molecular flexibility index (Phi) is 5.76. The first-order chi connectivity index (χ1) is 8.16. The quantitative estimate of drug-likeness (QED) is 0.929. The fraction of sp³-hybridized carbons (Fsp3) is 0.462. The molecule has 2 N–H and O–H groups in total. The summed E-state index contributed by atoms with van der Waals surface area (Å²) < 4.78 is 0. The molecular weight excluding hydrogens is 271 g/mol. The molecule has 100 valence electrons. The van der Waals surface area contributed by atoms with Gasteiger partial charge < -0.3 is 10.6 Å². The standard InChI is InChI=1S/C13H17ClN2O.ClH/c14-10-4-3-6-11(8-10)16-7-2-1-5-12(16)9-13(15)17;/h3-4,6,8,12H,1-2,5,7,9H2,(H2,15,17);1H. The van der Waals surface area contributed by atoms with Crippen molar-refractivity contribution in [2.75, 3.05) is 11.4 Å². The van der Waals surface area contributed by atoms with Gasteiger partial charge in [-0.3, -0.25) is 4.79 Å². The van der Waals surface area contributed by atoms with Gasteiger partial charge in [0.25, 0.3) is 0 Å². The third kappa shape index (κ3) is 3.79. The van der Waals surface area contributed by atoms with Crippen molar-refractivity contribution in [2.24, 2.45) is 5.73 Å². The maximum Gasteiger partial charge on any atom is 0.219 e. The van der Waals surface area contributed by atoms with Crippen molar-refractivity contribution in [1.29, 1.82) is 0 Å². The molecule has 1 amide bonds. The fourth-order valence-electron chi connectivity index (χ4n) is 2.44. The number of nitrogens with zero attached hydrogens (tertiary/aromatic N) is 1. The highest BCUT2D eigenvalue weighted by Crippen LogP contribution is 2.28. The van der Waals surface area contributed by atoms with Crippen LogP contribution in [0.5, 0.6) is 0 Å². The maximum atomic E-state index is 11.1. The molecule has 1 aliphatic heterocycles. The molecule has 1 heterocycles. The van der Waals surface area contributed by atoms with Crippen LogP contribution in [0.2, 0.25) is 5.02 Å². The van der Waals surface area contributed by atoms with Gasteiger partial charge in [0, 0.05) is 29.7 Å². The Morgan fingerprint density at radius 1 is 1.44 bits per heavy atom. The van der Waals surface area contributed by atoms with Gasteiger partial charge in [-0.25, -0.2) is 0 Å². The average Bonchev–Trinajstić information content (AvgIpc) is 2.29. The van der Waals surface area contributed by atoms with Crippen LogP contribution in [-0.2, 0) is 4.79 Å². The number of carbonyl (C=O) groups is 1. The van der Waals surface area contributed by atoms with Gasteiger partial charge in [-0.2, -0.15) is 0 Å². The normalized spacial score (nSPS) is 19.2. The van der Waals surface area contributed by atoms with Crippen LogP contribution in [-0.4, -0.2) is 18.5 Å². The molecule has 1 fully saturated rings. The van der Waals surface area contributed by atoms with E-state index in [1.54, 1.807) is 0 Å². The Hall–Kier alpha value is -0.930. The number of primary amides is 1. The minimum atomic E-state index is -0.232. The van der Waals surface area contributed by atoms with Gasteiger partial charge >= 0.3 is 0 Å². The van der Waals surface area contributed by atoms with Gasteiger partial charge in [0.05, 0.1) is 0 Å². The number of nitrogens with two attached hydrogens (primary N) is 1. The summed E-state index contributed by atoms with van der Waals surface area (Å²) in [5, 5.41) is 0.728. The van der Waals surface area contributed by atoms with E-state index in [9.17, 15) is 4.79 Å². The second-order valence-corrected chi connectivity index (χ2v) is 4.93. The lowest BCUT2D eigenvalue weighted by Crippen LogP contribution is -2.41. The Bertz CT molecular complexity index is 412. The van der Waals surface area contributed by atoms with Crippen molar-refractivity contribution in [3.63, 3.8) is 0 Å². The van der Waals surface area contributed by atoms with E-state index in [1.807, 2.05) is 24.3 Å². The Morgan fingerprint density at radius 2 is 2.22 bits per heavy atom. The second kappa shape index (κ2) is 6.86. The van der Waals surface area contributed by atoms with Crippen LogP contribution in [0.25, 0.3) is 0 Å². The van der Waals surface area contributed by atoms with E-state index in [0.717, 1.165) is 36.5 Å². The van der Waals surface area contributed by atoms with Crippen LogP contribution in [0, 0.1) is 0 Å². The molecule has 2 rings (SSSR count). The summed E-state index contributed by atoms with van der Waals surface area (Å²) in [6.45, 7) is 0.971. The van der Waals surface area contributed by atoms with Gasteiger partial charge in [0.1, 0.15) is 0 Å². The molecule has 18 heavy (non-hydrogen) atoms. The van der Waals surface area contributed by atoms with Crippen molar-refractivity contribution in [2.45, 2.75) is 31.7 Å². The Labute approximate surface area is 119 Å². The summed E-state index contributed by atoms with van der Waals surface area (Å²) in [5.74, 6) is -0.232. The first-order valence-corrected chi connectivity index (χ1v) is 6.35. The Morgan fingerprint density at radius 3 is 2.89 bits per heavy atom. The summed E-state index contributed by atoms with van der Waals surface area (Å²) >= 11 is 6.00. The summed E-state index contributed by atoms with van der Waals surface area (Å²) in [6, 6.07) is 8.00. The minimum Gasteiger partial charge on any atom is -0.370 e. The molecule has 0 radical (unpaired) electrons. The van der Waals surface area contributed by atoms with E-state index in [4.69, 9.17) is 17.3 Å². The molecular formula is C13H18Cl2N2O. The zero-order valence-electron chi connectivity index (χ0n) is 10.1. The van der Waals surface area contributed by atoms with Crippen molar-refractivity contribution in [1.82, 2.24) is 0 Å². The van der Waals surface area contributed by atoms with Gasteiger partial charge in [-0.05, 0) is 37.5 Å². The van der Waals surface area contributed by atoms with E-state index in [2.05, 4.69) is 4.90 Å². The van der Waals surface area contributed by atoms with Crippen LogP contribution in [0.15, 0.2) is 24.3 Å². The number of anilines is 1. The molecule has 0 saturated carbocycles. The summed E-state index contributed by atoms with van der Waals surface area (Å²) in [6.07, 6.45) is 3.76. The van der Waals surface area contributed by atoms with E-state index < -0.39 is 0 Å². The monoisotopic (exact) mass is 288 g/mol. The lowest BCUT2D eigenvalue weighted by Gasteiger charge is -2.37. The van der Waals surface area contributed by atoms with Crippen LogP contribution < -0.4 is 10.6 Å². The molecule has 1 aromatic rings. The summed E-state index contributed by atoms with van der Waals surface area (Å²) in [5.41, 5.74) is 6.39. The smallest absolute Gasteiger partial charge is 0.219 e. The lowest BCUT2D eigenvalue weighted by molar-refractivity contribution is -0.118. The number of hydrogen-bond donors (Lipinski definition) is 1. The van der Waals surface area contributed by atoms with Gasteiger partial charge in [0.2, 0.25) is 5.91 Å². The molecule has 5 heteroatoms. The second-order valence-electron chi connectivity index (χ2n) is 4.49. The fourth-order valence-corrected chi connectivity index (χ4v) is 2.62. The first kappa shape index (κ1) is 15.1. The van der Waals surface area contributed by atoms with Crippen LogP contribution >= 0.6 is 24.0 Å². The molecule has 0 bridgehead atoms. The number of carbonyl (C=O) groups excluding carboxylic acids is 1. The van der Waals surface area contributed by atoms with Gasteiger partial charge in [-0.15, -0.1) is 12.4 Å². The third-order valence-corrected chi connectivity index (χ3v) is 3.44. The number of benzene rings is 1. The van der Waals surface area contributed by atoms with E-state index in [-0.39, 0.29) is 24.4 Å². The zero-order chi connectivity index (χ0) is 12.3. The number of piperidine rings is 1. The molecule has 1 aliphatic rings. The molecule has 1 unspecified atom stereocenters. The van der Waals surface area contributed by atoms with Gasteiger partial charge in [0.15, 0.2) is 0 Å². The van der Waals surface area contributed by atoms with E-state index in [1.165, 1.54) is 0 Å². The van der Waals surface area contributed by atoms with Crippen molar-refractivity contribution in [3.8, 4) is 0 Å². The number of amides is 1. The van der Waals surface area contributed by atoms with Crippen molar-refractivity contribution in [3.05, 3.63) is 29.3 Å². The Balaban J connectivity index is 0.00000162. The largest absolute Gasteiger partial charge is 0.370 e. The predicted molar refractivity (Wildman–Crippen MR) is 77.5 cm³/mol. The average molecular weight is 289 g/mol. The number of halogens is 2. The topological polar surface area (TPSA) is 46.3 Å². The molecule has 3 nitrogen and oxygen atoms in total. The number of rotatable bonds is 3. The van der Waals surface area contributed by atoms with E-state index in [0.29, 0.717) is 6.42 Å². The highest BCUT2D eigenvalue weighted by atomic mass is 35.5. The lowest BCUT2D eigenvalue weighted by atomic mass is 9.98. The maximum absolute atomic E-state index is 11.1. The summed E-state index contributed by atoms with van der Waals surface area (Å²) in [4.78, 5) is 13.3. The molecule has 0 aromatic heterocycles. The van der Waals surface area contributed by atoms with Crippen LogP contribution in [0.4, 0.5) is 5.69 Å².